The lowest BCUT2D eigenvalue weighted by Crippen LogP contribution is -2.22. The van der Waals surface area contributed by atoms with Crippen LogP contribution in [0.4, 0.5) is 4.39 Å². The minimum atomic E-state index is -3.51. The summed E-state index contributed by atoms with van der Waals surface area (Å²) in [6.07, 6.45) is 0. The second kappa shape index (κ2) is 6.31. The van der Waals surface area contributed by atoms with Gasteiger partial charge in [-0.15, -0.1) is 0 Å². The van der Waals surface area contributed by atoms with Gasteiger partial charge in [0.15, 0.2) is 0 Å². The Balaban J connectivity index is 2.19. The third kappa shape index (κ3) is 2.88. The average Bonchev–Trinajstić information content (AvgIpc) is 2.62. The maximum absolute atomic E-state index is 13.8. The lowest BCUT2D eigenvalue weighted by molar-refractivity contribution is 0.107. The molecule has 0 heterocycles. The van der Waals surface area contributed by atoms with Gasteiger partial charge in [0.2, 0.25) is 12.7 Å². The molecule has 0 amide bonds. The van der Waals surface area contributed by atoms with Gasteiger partial charge >= 0.3 is 0 Å². The van der Waals surface area contributed by atoms with Gasteiger partial charge in [0, 0.05) is 16.2 Å². The zero-order chi connectivity index (χ0) is 16.3. The fourth-order valence-corrected chi connectivity index (χ4v) is 4.90. The van der Waals surface area contributed by atoms with Crippen LogP contribution >= 0.6 is 7.14 Å². The first kappa shape index (κ1) is 15.4. The van der Waals surface area contributed by atoms with E-state index in [4.69, 9.17) is 0 Å². The van der Waals surface area contributed by atoms with Crippen molar-refractivity contribution in [1.29, 1.82) is 0 Å². The zero-order valence-corrected chi connectivity index (χ0v) is 13.1. The van der Waals surface area contributed by atoms with Crippen LogP contribution in [0.1, 0.15) is 10.4 Å². The molecule has 2 nitrogen and oxygen atoms in total. The molecule has 0 bridgehead atoms. The van der Waals surface area contributed by atoms with E-state index in [1.807, 2.05) is 0 Å². The highest BCUT2D eigenvalue weighted by Crippen LogP contribution is 2.46. The van der Waals surface area contributed by atoms with Gasteiger partial charge in [-0.2, -0.15) is 0 Å². The van der Waals surface area contributed by atoms with Crippen molar-refractivity contribution in [3.05, 3.63) is 96.3 Å². The summed E-state index contributed by atoms with van der Waals surface area (Å²) >= 11 is 0. The maximum atomic E-state index is 13.8. The van der Waals surface area contributed by atoms with E-state index in [1.54, 1.807) is 60.7 Å². The molecule has 4 heteroatoms. The minimum absolute atomic E-state index is 0.238. The zero-order valence-electron chi connectivity index (χ0n) is 12.2. The first-order valence-corrected chi connectivity index (χ1v) is 8.85. The Hall–Kier alpha value is -2.51. The van der Waals surface area contributed by atoms with Crippen LogP contribution < -0.4 is 10.6 Å². The molecule has 0 aliphatic heterocycles. The van der Waals surface area contributed by atoms with Gasteiger partial charge in [0.25, 0.3) is 0 Å². The second-order valence-corrected chi connectivity index (χ2v) is 7.75. The summed E-state index contributed by atoms with van der Waals surface area (Å²) in [4.78, 5) is 13.0. The number of carbonyl (C=O) groups excluding carboxylic acids is 1. The fraction of sp³-hybridized carbons (Fsp3) is 0. The summed E-state index contributed by atoms with van der Waals surface area (Å²) in [5.74, 6) is -0.434. The van der Waals surface area contributed by atoms with Crippen molar-refractivity contribution >= 4 is 23.3 Å². The van der Waals surface area contributed by atoms with Gasteiger partial charge < -0.3 is 4.57 Å². The highest BCUT2D eigenvalue weighted by Gasteiger charge is 2.36. The van der Waals surface area contributed by atoms with Crippen molar-refractivity contribution in [2.45, 2.75) is 0 Å². The van der Waals surface area contributed by atoms with Crippen LogP contribution in [0.2, 0.25) is 0 Å². The highest BCUT2D eigenvalue weighted by atomic mass is 31.2. The van der Waals surface area contributed by atoms with Gasteiger partial charge in [-0.25, -0.2) is 4.39 Å². The van der Waals surface area contributed by atoms with Crippen molar-refractivity contribution < 1.29 is 13.8 Å². The molecule has 0 atom stereocenters. The highest BCUT2D eigenvalue weighted by molar-refractivity contribution is 7.93. The predicted octanol–water partition coefficient (Wildman–Crippen LogP) is 3.98. The lowest BCUT2D eigenvalue weighted by Gasteiger charge is -2.18. The Bertz CT molecular complexity index is 815. The SMILES string of the molecule is O=C(c1ccc(F)cc1)P(=O)(c1ccccc1)c1ccccc1. The molecule has 0 fully saturated rings. The summed E-state index contributed by atoms with van der Waals surface area (Å²) in [5.41, 5.74) is -0.252. The summed E-state index contributed by atoms with van der Waals surface area (Å²) in [6.45, 7) is 0. The molecule has 0 N–H and O–H groups in total. The monoisotopic (exact) mass is 324 g/mol. The normalized spacial score (nSPS) is 11.2. The van der Waals surface area contributed by atoms with E-state index in [1.165, 1.54) is 24.3 Å². The fourth-order valence-electron chi connectivity index (χ4n) is 2.43. The molecule has 0 radical (unpaired) electrons. The smallest absolute Gasteiger partial charge is 0.230 e. The van der Waals surface area contributed by atoms with Gasteiger partial charge in [-0.05, 0) is 24.3 Å². The Labute approximate surface area is 134 Å². The van der Waals surface area contributed by atoms with Gasteiger partial charge in [0.05, 0.1) is 0 Å². The summed E-state index contributed by atoms with van der Waals surface area (Å²) in [7, 11) is -3.51. The molecule has 114 valence electrons. The molecule has 0 unspecified atom stereocenters. The summed E-state index contributed by atoms with van der Waals surface area (Å²) in [5, 5.41) is 0.945. The number of benzene rings is 3. The number of rotatable bonds is 4. The van der Waals surface area contributed by atoms with E-state index in [-0.39, 0.29) is 5.56 Å². The Kier molecular flexibility index (Phi) is 4.22. The third-order valence-corrected chi connectivity index (χ3v) is 6.50. The molecule has 3 aromatic carbocycles. The molecule has 3 rings (SSSR count). The van der Waals surface area contributed by atoms with Crippen LogP contribution in [-0.2, 0) is 4.57 Å². The molecule has 0 saturated heterocycles. The first-order valence-electron chi connectivity index (χ1n) is 7.14. The first-order chi connectivity index (χ1) is 11.1. The van der Waals surface area contributed by atoms with Crippen molar-refractivity contribution in [3.63, 3.8) is 0 Å². The summed E-state index contributed by atoms with van der Waals surface area (Å²) in [6, 6.07) is 22.5. The van der Waals surface area contributed by atoms with Crippen molar-refractivity contribution in [1.82, 2.24) is 0 Å². The molecular formula is C19H14FO2P. The van der Waals surface area contributed by atoms with Crippen molar-refractivity contribution in [2.75, 3.05) is 0 Å². The summed E-state index contributed by atoms with van der Waals surface area (Å²) < 4.78 is 26.9. The van der Waals surface area contributed by atoms with E-state index in [9.17, 15) is 13.8 Å². The van der Waals surface area contributed by atoms with E-state index < -0.39 is 18.5 Å². The molecule has 0 saturated carbocycles. The van der Waals surface area contributed by atoms with Crippen LogP contribution in [0, 0.1) is 5.82 Å². The minimum Gasteiger partial charge on any atom is -0.305 e. The van der Waals surface area contributed by atoms with E-state index in [2.05, 4.69) is 0 Å². The van der Waals surface area contributed by atoms with Crippen LogP contribution in [0.15, 0.2) is 84.9 Å². The van der Waals surface area contributed by atoms with E-state index in [0.717, 1.165) is 0 Å². The standard InChI is InChI=1S/C19H14FO2P/c20-16-13-11-15(12-14-16)19(21)23(22,17-7-3-1-4-8-17)18-9-5-2-6-10-18/h1-14H. The molecule has 0 spiro atoms. The average molecular weight is 324 g/mol. The van der Waals surface area contributed by atoms with Crippen LogP contribution in [-0.4, -0.2) is 5.52 Å². The number of hydrogen-bond donors (Lipinski definition) is 0. The van der Waals surface area contributed by atoms with Crippen LogP contribution in [0.25, 0.3) is 0 Å². The van der Waals surface area contributed by atoms with Gasteiger partial charge in [-0.3, -0.25) is 4.79 Å². The quantitative estimate of drug-likeness (QED) is 0.680. The van der Waals surface area contributed by atoms with Crippen LogP contribution in [0.3, 0.4) is 0 Å². The predicted molar refractivity (Wildman–Crippen MR) is 90.5 cm³/mol. The topological polar surface area (TPSA) is 34.1 Å². The van der Waals surface area contributed by atoms with Crippen LogP contribution in [0.5, 0.6) is 0 Å². The number of carbonyl (C=O) groups is 1. The lowest BCUT2D eigenvalue weighted by atomic mass is 10.2. The second-order valence-electron chi connectivity index (χ2n) is 5.09. The number of hydrogen-bond acceptors (Lipinski definition) is 2. The Morgan fingerprint density at radius 1 is 0.696 bits per heavy atom. The van der Waals surface area contributed by atoms with E-state index in [0.29, 0.717) is 10.6 Å². The van der Waals surface area contributed by atoms with Gasteiger partial charge in [0.1, 0.15) is 5.82 Å². The molecule has 3 aromatic rings. The third-order valence-electron chi connectivity index (χ3n) is 3.62. The molecule has 0 aliphatic carbocycles. The van der Waals surface area contributed by atoms with Gasteiger partial charge in [-0.1, -0.05) is 60.7 Å². The largest absolute Gasteiger partial charge is 0.305 e. The van der Waals surface area contributed by atoms with Crippen molar-refractivity contribution in [3.8, 4) is 0 Å². The Morgan fingerprint density at radius 3 is 1.57 bits per heavy atom. The number of halogens is 1. The molecular weight excluding hydrogens is 310 g/mol. The molecule has 0 aliphatic rings. The Morgan fingerprint density at radius 2 is 1.13 bits per heavy atom. The van der Waals surface area contributed by atoms with Crippen molar-refractivity contribution in [2.24, 2.45) is 0 Å². The molecule has 0 aromatic heterocycles. The maximum Gasteiger partial charge on any atom is 0.230 e. The van der Waals surface area contributed by atoms with E-state index >= 15 is 0 Å². The molecule has 23 heavy (non-hydrogen) atoms.